The molecule has 1 amide bonds. The lowest BCUT2D eigenvalue weighted by Gasteiger charge is -2.23. The Morgan fingerprint density at radius 1 is 1.36 bits per heavy atom. The molecule has 0 spiro atoms. The van der Waals surface area contributed by atoms with Gasteiger partial charge < -0.3 is 15.4 Å². The minimum Gasteiger partial charge on any atom is -0.394 e. The van der Waals surface area contributed by atoms with E-state index >= 15 is 0 Å². The first-order chi connectivity index (χ1) is 13.3. The molecule has 4 rings (SSSR count). The smallest absolute Gasteiger partial charge is 0.255 e. The summed E-state index contributed by atoms with van der Waals surface area (Å²) in [5, 5.41) is 17.8. The SMILES string of the molecule is Cc1ccc2c(-c3cnc4[nH]cc(C(=O)NC(C)(C)CO)c4n3)nn(C)c2c1. The van der Waals surface area contributed by atoms with Crippen LogP contribution >= 0.6 is 0 Å². The molecule has 144 valence electrons. The quantitative estimate of drug-likeness (QED) is 0.505. The maximum Gasteiger partial charge on any atom is 0.255 e. The van der Waals surface area contributed by atoms with E-state index in [0.29, 0.717) is 22.4 Å². The van der Waals surface area contributed by atoms with Crippen molar-refractivity contribution in [3.63, 3.8) is 0 Å². The molecule has 0 saturated heterocycles. The van der Waals surface area contributed by atoms with Crippen LogP contribution in [0.4, 0.5) is 0 Å². The molecule has 0 fully saturated rings. The Labute approximate surface area is 161 Å². The lowest BCUT2D eigenvalue weighted by molar-refractivity contribution is 0.0871. The molecule has 0 bridgehead atoms. The van der Waals surface area contributed by atoms with Crippen LogP contribution in [-0.2, 0) is 7.05 Å². The highest BCUT2D eigenvalue weighted by atomic mass is 16.3. The highest BCUT2D eigenvalue weighted by Gasteiger charge is 2.23. The molecule has 3 aromatic heterocycles. The first kappa shape index (κ1) is 18.1. The Bertz CT molecular complexity index is 1200. The fourth-order valence-electron chi connectivity index (χ4n) is 3.15. The van der Waals surface area contributed by atoms with Gasteiger partial charge in [-0.2, -0.15) is 5.10 Å². The summed E-state index contributed by atoms with van der Waals surface area (Å²) < 4.78 is 1.82. The van der Waals surface area contributed by atoms with Gasteiger partial charge in [0.25, 0.3) is 5.91 Å². The average molecular weight is 378 g/mol. The minimum atomic E-state index is -0.735. The molecule has 0 aliphatic rings. The number of fused-ring (bicyclic) bond motifs is 2. The van der Waals surface area contributed by atoms with Crippen molar-refractivity contribution in [2.24, 2.45) is 7.05 Å². The van der Waals surface area contributed by atoms with Gasteiger partial charge >= 0.3 is 0 Å². The highest BCUT2D eigenvalue weighted by Crippen LogP contribution is 2.28. The molecular weight excluding hydrogens is 356 g/mol. The van der Waals surface area contributed by atoms with Crippen LogP contribution in [0.25, 0.3) is 33.5 Å². The Morgan fingerprint density at radius 3 is 2.89 bits per heavy atom. The summed E-state index contributed by atoms with van der Waals surface area (Å²) in [5.41, 5.74) is 4.10. The number of hydrogen-bond donors (Lipinski definition) is 3. The predicted octanol–water partition coefficient (Wildman–Crippen LogP) is 2.32. The van der Waals surface area contributed by atoms with Crippen molar-refractivity contribution in [2.45, 2.75) is 26.3 Å². The molecular formula is C20H22N6O2. The van der Waals surface area contributed by atoms with Crippen molar-refractivity contribution in [1.82, 2.24) is 30.0 Å². The van der Waals surface area contributed by atoms with Crippen LogP contribution in [0.3, 0.4) is 0 Å². The first-order valence-electron chi connectivity index (χ1n) is 9.00. The number of rotatable bonds is 4. The lowest BCUT2D eigenvalue weighted by Crippen LogP contribution is -2.46. The maximum atomic E-state index is 12.7. The van der Waals surface area contributed by atoms with Gasteiger partial charge in [-0.05, 0) is 32.4 Å². The van der Waals surface area contributed by atoms with Gasteiger partial charge in [0.2, 0.25) is 0 Å². The maximum absolute atomic E-state index is 12.7. The summed E-state index contributed by atoms with van der Waals surface area (Å²) in [7, 11) is 1.89. The summed E-state index contributed by atoms with van der Waals surface area (Å²) in [6.45, 7) is 5.37. The number of aliphatic hydroxyl groups is 1. The topological polar surface area (TPSA) is 109 Å². The minimum absolute atomic E-state index is 0.169. The van der Waals surface area contributed by atoms with Crippen molar-refractivity contribution >= 4 is 28.0 Å². The summed E-state index contributed by atoms with van der Waals surface area (Å²) in [6, 6.07) is 6.13. The van der Waals surface area contributed by atoms with E-state index in [9.17, 15) is 9.90 Å². The molecule has 0 atom stereocenters. The standard InChI is InChI=1S/C20H22N6O2/c1-11-5-6-12-15(7-11)26(4)25-16(12)14-9-22-18-17(23-14)13(8-21-18)19(28)24-20(2,3)10-27/h5-9,27H,10H2,1-4H3,(H,21,22)(H,24,28). The van der Waals surface area contributed by atoms with Crippen molar-refractivity contribution < 1.29 is 9.90 Å². The van der Waals surface area contributed by atoms with Crippen LogP contribution in [0.15, 0.2) is 30.6 Å². The van der Waals surface area contributed by atoms with Crippen LogP contribution in [0.2, 0.25) is 0 Å². The molecule has 8 nitrogen and oxygen atoms in total. The van der Waals surface area contributed by atoms with E-state index < -0.39 is 5.54 Å². The number of carbonyl (C=O) groups is 1. The van der Waals surface area contributed by atoms with Gasteiger partial charge in [-0.3, -0.25) is 9.48 Å². The number of aromatic nitrogens is 5. The molecule has 0 unspecified atom stereocenters. The number of carbonyl (C=O) groups excluding carboxylic acids is 1. The monoisotopic (exact) mass is 378 g/mol. The third kappa shape index (κ3) is 3.01. The number of H-pyrrole nitrogens is 1. The molecule has 28 heavy (non-hydrogen) atoms. The van der Waals surface area contributed by atoms with Crippen molar-refractivity contribution in [2.75, 3.05) is 6.61 Å². The van der Waals surface area contributed by atoms with Gasteiger partial charge in [0.15, 0.2) is 5.65 Å². The summed E-state index contributed by atoms with van der Waals surface area (Å²) >= 11 is 0. The van der Waals surface area contributed by atoms with E-state index in [1.807, 2.05) is 30.8 Å². The van der Waals surface area contributed by atoms with Crippen molar-refractivity contribution in [3.05, 3.63) is 41.7 Å². The molecule has 8 heteroatoms. The molecule has 3 heterocycles. The van der Waals surface area contributed by atoms with Gasteiger partial charge in [-0.25, -0.2) is 9.97 Å². The molecule has 3 N–H and O–H groups in total. The second-order valence-corrected chi connectivity index (χ2v) is 7.64. The molecule has 4 aromatic rings. The van der Waals surface area contributed by atoms with Gasteiger partial charge in [-0.15, -0.1) is 0 Å². The summed E-state index contributed by atoms with van der Waals surface area (Å²) in [6.07, 6.45) is 3.23. The predicted molar refractivity (Wildman–Crippen MR) is 107 cm³/mol. The van der Waals surface area contributed by atoms with E-state index in [0.717, 1.165) is 22.2 Å². The number of benzene rings is 1. The fourth-order valence-corrected chi connectivity index (χ4v) is 3.15. The highest BCUT2D eigenvalue weighted by molar-refractivity contribution is 6.05. The van der Waals surface area contributed by atoms with E-state index in [2.05, 4.69) is 31.4 Å². The number of nitrogens with zero attached hydrogens (tertiary/aromatic N) is 4. The van der Waals surface area contributed by atoms with Gasteiger partial charge in [0.1, 0.15) is 16.9 Å². The summed E-state index contributed by atoms with van der Waals surface area (Å²) in [4.78, 5) is 24.7. The van der Waals surface area contributed by atoms with E-state index in [1.54, 1.807) is 26.2 Å². The number of nitrogens with one attached hydrogen (secondary N) is 2. The third-order valence-corrected chi connectivity index (χ3v) is 4.72. The van der Waals surface area contributed by atoms with E-state index in [-0.39, 0.29) is 12.5 Å². The van der Waals surface area contributed by atoms with Crippen LogP contribution in [0, 0.1) is 6.92 Å². The average Bonchev–Trinajstić information content (AvgIpc) is 3.22. The van der Waals surface area contributed by atoms with Crippen LogP contribution in [0.5, 0.6) is 0 Å². The zero-order valence-corrected chi connectivity index (χ0v) is 16.2. The zero-order chi connectivity index (χ0) is 20.1. The number of aryl methyl sites for hydroxylation is 2. The third-order valence-electron chi connectivity index (χ3n) is 4.72. The van der Waals surface area contributed by atoms with Crippen LogP contribution < -0.4 is 5.32 Å². The largest absolute Gasteiger partial charge is 0.394 e. The Morgan fingerprint density at radius 2 is 2.14 bits per heavy atom. The number of amides is 1. The van der Waals surface area contributed by atoms with Crippen molar-refractivity contribution in [1.29, 1.82) is 0 Å². The van der Waals surface area contributed by atoms with Gasteiger partial charge in [-0.1, -0.05) is 12.1 Å². The molecule has 0 aliphatic carbocycles. The van der Waals surface area contributed by atoms with Gasteiger partial charge in [0, 0.05) is 18.6 Å². The number of aliphatic hydroxyl groups excluding tert-OH is 1. The second kappa shape index (κ2) is 6.42. The molecule has 0 radical (unpaired) electrons. The van der Waals surface area contributed by atoms with E-state index in [4.69, 9.17) is 0 Å². The Balaban J connectivity index is 1.82. The number of hydrogen-bond acceptors (Lipinski definition) is 5. The molecule has 0 saturated carbocycles. The number of aromatic amines is 1. The van der Waals surface area contributed by atoms with Crippen molar-refractivity contribution in [3.8, 4) is 11.4 Å². The molecule has 1 aromatic carbocycles. The summed E-state index contributed by atoms with van der Waals surface area (Å²) in [5.74, 6) is -0.321. The first-order valence-corrected chi connectivity index (χ1v) is 9.00. The lowest BCUT2D eigenvalue weighted by atomic mass is 10.1. The van der Waals surface area contributed by atoms with E-state index in [1.165, 1.54) is 0 Å². The van der Waals surface area contributed by atoms with Gasteiger partial charge in [0.05, 0.1) is 29.4 Å². The Kier molecular flexibility index (Phi) is 4.15. The second-order valence-electron chi connectivity index (χ2n) is 7.64. The van der Waals surface area contributed by atoms with Crippen LogP contribution in [0.1, 0.15) is 29.8 Å². The van der Waals surface area contributed by atoms with Crippen LogP contribution in [-0.4, -0.2) is 47.9 Å². The Hall–Kier alpha value is -3.26. The normalized spacial score (nSPS) is 12.0. The molecule has 0 aliphatic heterocycles. The fraction of sp³-hybridized carbons (Fsp3) is 0.300. The zero-order valence-electron chi connectivity index (χ0n) is 16.2.